The third-order valence-corrected chi connectivity index (χ3v) is 3.20. The van der Waals surface area contributed by atoms with E-state index in [0.29, 0.717) is 10.8 Å². The lowest BCUT2D eigenvalue weighted by atomic mass is 10.1. The number of aromatic carboxylic acids is 1. The van der Waals surface area contributed by atoms with Crippen LogP contribution in [0.3, 0.4) is 0 Å². The van der Waals surface area contributed by atoms with Crippen molar-refractivity contribution >= 4 is 34.3 Å². The average Bonchev–Trinajstić information content (AvgIpc) is 3.03. The lowest BCUT2D eigenvalue weighted by Crippen LogP contribution is -2.21. The molecule has 0 radical (unpaired) electrons. The Morgan fingerprint density at radius 1 is 1.07 bits per heavy atom. The zero-order chi connectivity index (χ0) is 20.2. The van der Waals surface area contributed by atoms with Crippen LogP contribution in [0, 0.1) is 0 Å². The molecule has 2 aromatic carbocycles. The molecule has 1 aromatic heterocycles. The summed E-state index contributed by atoms with van der Waals surface area (Å²) in [7, 11) is 0. The van der Waals surface area contributed by atoms with Crippen molar-refractivity contribution in [2.24, 2.45) is 0 Å². The maximum atomic E-state index is 10.9. The summed E-state index contributed by atoms with van der Waals surface area (Å²) in [6.45, 7) is 0. The quantitative estimate of drug-likeness (QED) is 0.608. The molecular formula is C15H9ClF3N3O5. The summed E-state index contributed by atoms with van der Waals surface area (Å²) in [5.41, 5.74) is -0.193. The predicted octanol–water partition coefficient (Wildman–Crippen LogP) is 3.74. The van der Waals surface area contributed by atoms with Crippen molar-refractivity contribution in [1.82, 2.24) is 15.4 Å². The number of H-pyrrole nitrogens is 1. The third-order valence-electron chi connectivity index (χ3n) is 2.96. The Balaban J connectivity index is 0.000000321. The first-order valence-corrected chi connectivity index (χ1v) is 7.27. The van der Waals surface area contributed by atoms with Gasteiger partial charge in [-0.3, -0.25) is 0 Å². The fourth-order valence-electron chi connectivity index (χ4n) is 1.80. The highest BCUT2D eigenvalue weighted by Crippen LogP contribution is 2.27. The van der Waals surface area contributed by atoms with E-state index < -0.39 is 18.1 Å². The minimum Gasteiger partial charge on any atom is -0.476 e. The van der Waals surface area contributed by atoms with Gasteiger partial charge in [0.1, 0.15) is 5.75 Å². The summed E-state index contributed by atoms with van der Waals surface area (Å²) in [4.78, 5) is 19.8. The van der Waals surface area contributed by atoms with Crippen LogP contribution in [0.1, 0.15) is 10.5 Å². The summed E-state index contributed by atoms with van der Waals surface area (Å²) in [5.74, 6) is -3.55. The zero-order valence-electron chi connectivity index (χ0n) is 13.0. The summed E-state index contributed by atoms with van der Waals surface area (Å²) in [6, 6.07) is 10.8. The molecule has 0 aliphatic rings. The number of fused-ring (bicyclic) bond motifs is 1. The largest absolute Gasteiger partial charge is 0.490 e. The predicted molar refractivity (Wildman–Crippen MR) is 86.1 cm³/mol. The summed E-state index contributed by atoms with van der Waals surface area (Å²) in [6.07, 6.45) is -5.08. The number of nitrogens with zero attached hydrogens (tertiary/aromatic N) is 2. The normalized spacial score (nSPS) is 10.8. The molecule has 3 aromatic rings. The van der Waals surface area contributed by atoms with E-state index in [9.17, 15) is 18.0 Å². The Morgan fingerprint density at radius 2 is 1.67 bits per heavy atom. The third kappa shape index (κ3) is 5.31. The lowest BCUT2D eigenvalue weighted by Gasteiger charge is -2.05. The number of hydrogen-bond donors (Lipinski definition) is 3. The molecule has 0 aliphatic heterocycles. The number of nitrogens with one attached hydrogen (secondary N) is 1. The molecule has 0 atom stereocenters. The molecule has 0 spiro atoms. The standard InChI is InChI=1S/C13H8ClN3O3.C2HF3O2/c14-9-3-1-8-6-10(4-2-7(8)5-9)20-12-11(13(18)19)15-17-16-12;3-2(4,5)1(6)7/h1-6H,(H,18,19)(H,15,16,17);(H,6,7). The molecule has 0 unspecified atom stereocenters. The molecule has 3 rings (SSSR count). The number of benzene rings is 2. The van der Waals surface area contributed by atoms with Crippen LogP contribution < -0.4 is 4.74 Å². The number of carboxylic acids is 2. The van der Waals surface area contributed by atoms with Gasteiger partial charge in [0.2, 0.25) is 5.69 Å². The van der Waals surface area contributed by atoms with Gasteiger partial charge in [-0.15, -0.1) is 0 Å². The topological polar surface area (TPSA) is 125 Å². The summed E-state index contributed by atoms with van der Waals surface area (Å²) >= 11 is 5.91. The fourth-order valence-corrected chi connectivity index (χ4v) is 1.98. The highest BCUT2D eigenvalue weighted by Gasteiger charge is 2.38. The van der Waals surface area contributed by atoms with Gasteiger partial charge in [-0.05, 0) is 35.0 Å². The molecule has 8 nitrogen and oxygen atoms in total. The van der Waals surface area contributed by atoms with Crippen LogP contribution in [0.5, 0.6) is 11.6 Å². The van der Waals surface area contributed by atoms with Gasteiger partial charge < -0.3 is 14.9 Å². The molecule has 12 heteroatoms. The molecule has 27 heavy (non-hydrogen) atoms. The molecule has 0 amide bonds. The molecule has 0 bridgehead atoms. The zero-order valence-corrected chi connectivity index (χ0v) is 13.7. The van der Waals surface area contributed by atoms with Gasteiger partial charge in [0.25, 0.3) is 5.88 Å². The van der Waals surface area contributed by atoms with E-state index in [1.54, 1.807) is 18.2 Å². The van der Waals surface area contributed by atoms with Crippen molar-refractivity contribution in [2.45, 2.75) is 6.18 Å². The number of aromatic nitrogens is 3. The summed E-state index contributed by atoms with van der Waals surface area (Å²) < 4.78 is 37.2. The smallest absolute Gasteiger partial charge is 0.476 e. The van der Waals surface area contributed by atoms with E-state index in [1.807, 2.05) is 18.2 Å². The van der Waals surface area contributed by atoms with Crippen molar-refractivity contribution in [3.63, 3.8) is 0 Å². The highest BCUT2D eigenvalue weighted by atomic mass is 35.5. The van der Waals surface area contributed by atoms with Crippen molar-refractivity contribution in [2.75, 3.05) is 0 Å². The Hall–Kier alpha value is -3.34. The molecule has 0 fully saturated rings. The number of hydrogen-bond acceptors (Lipinski definition) is 5. The van der Waals surface area contributed by atoms with Gasteiger partial charge in [0.15, 0.2) is 0 Å². The second-order valence-electron chi connectivity index (χ2n) is 4.86. The maximum absolute atomic E-state index is 10.9. The number of aliphatic carboxylic acids is 1. The molecule has 3 N–H and O–H groups in total. The Kier molecular flexibility index (Phi) is 5.85. The van der Waals surface area contributed by atoms with E-state index in [4.69, 9.17) is 31.3 Å². The lowest BCUT2D eigenvalue weighted by molar-refractivity contribution is -0.192. The number of halogens is 4. The first-order chi connectivity index (χ1) is 12.6. The van der Waals surface area contributed by atoms with Gasteiger partial charge in [0, 0.05) is 5.02 Å². The van der Waals surface area contributed by atoms with Gasteiger partial charge in [-0.2, -0.15) is 13.2 Å². The Morgan fingerprint density at radius 3 is 2.26 bits per heavy atom. The van der Waals surface area contributed by atoms with Crippen molar-refractivity contribution < 1.29 is 37.7 Å². The van der Waals surface area contributed by atoms with E-state index in [2.05, 4.69) is 15.4 Å². The van der Waals surface area contributed by atoms with E-state index in [0.717, 1.165) is 10.8 Å². The molecule has 0 saturated carbocycles. The molecular weight excluding hydrogens is 395 g/mol. The molecule has 1 heterocycles. The van der Waals surface area contributed by atoms with Crippen LogP contribution in [0.25, 0.3) is 10.8 Å². The van der Waals surface area contributed by atoms with E-state index in [-0.39, 0.29) is 11.6 Å². The minimum atomic E-state index is -5.08. The first-order valence-electron chi connectivity index (χ1n) is 6.89. The van der Waals surface area contributed by atoms with Crippen molar-refractivity contribution in [3.05, 3.63) is 47.1 Å². The number of rotatable bonds is 3. The SMILES string of the molecule is O=C(O)C(F)(F)F.O=C(O)c1[nH]nnc1Oc1ccc2cc(Cl)ccc2c1. The van der Waals surface area contributed by atoms with Crippen molar-refractivity contribution in [3.8, 4) is 11.6 Å². The number of carboxylic acid groups (broad SMARTS) is 2. The van der Waals surface area contributed by atoms with Crippen LogP contribution in [-0.4, -0.2) is 43.7 Å². The highest BCUT2D eigenvalue weighted by molar-refractivity contribution is 6.31. The van der Waals surface area contributed by atoms with Gasteiger partial charge in [0.05, 0.1) is 0 Å². The molecule has 0 saturated heterocycles. The van der Waals surface area contributed by atoms with Gasteiger partial charge >= 0.3 is 18.1 Å². The molecule has 0 aliphatic carbocycles. The van der Waals surface area contributed by atoms with Crippen LogP contribution in [0.15, 0.2) is 36.4 Å². The monoisotopic (exact) mass is 403 g/mol. The van der Waals surface area contributed by atoms with Crippen LogP contribution in [0.2, 0.25) is 5.02 Å². The first kappa shape index (κ1) is 20.0. The van der Waals surface area contributed by atoms with Gasteiger partial charge in [-0.1, -0.05) is 34.0 Å². The van der Waals surface area contributed by atoms with E-state index in [1.165, 1.54) is 0 Å². The van der Waals surface area contributed by atoms with Crippen LogP contribution in [-0.2, 0) is 4.79 Å². The minimum absolute atomic E-state index is 0.0780. The van der Waals surface area contributed by atoms with Gasteiger partial charge in [-0.25, -0.2) is 14.7 Å². The summed E-state index contributed by atoms with van der Waals surface area (Å²) in [5, 5.41) is 27.9. The fraction of sp³-hybridized carbons (Fsp3) is 0.0667. The second kappa shape index (κ2) is 7.91. The van der Waals surface area contributed by atoms with Crippen LogP contribution >= 0.6 is 11.6 Å². The maximum Gasteiger partial charge on any atom is 0.490 e. The van der Waals surface area contributed by atoms with Crippen molar-refractivity contribution in [1.29, 1.82) is 0 Å². The Bertz CT molecular complexity index is 990. The average molecular weight is 404 g/mol. The number of aromatic amines is 1. The molecule has 142 valence electrons. The second-order valence-corrected chi connectivity index (χ2v) is 5.29. The number of carbonyl (C=O) groups is 2. The number of alkyl halides is 3. The van der Waals surface area contributed by atoms with Crippen LogP contribution in [0.4, 0.5) is 13.2 Å². The van der Waals surface area contributed by atoms with E-state index >= 15 is 0 Å². The number of ether oxygens (including phenoxy) is 1. The Labute approximate surface area is 153 Å².